The third-order valence-corrected chi connectivity index (χ3v) is 4.11. The Hall–Kier alpha value is -0.510. The van der Waals surface area contributed by atoms with E-state index in [1.807, 2.05) is 0 Å². The first-order valence-corrected chi connectivity index (χ1v) is 5.32. The van der Waals surface area contributed by atoms with Crippen LogP contribution in [0.4, 0.5) is 0 Å². The molecular weight excluding hydrogens is 164 g/mol. The topological polar surface area (TPSA) is 43.4 Å². The van der Waals surface area contributed by atoms with Crippen molar-refractivity contribution >= 4 is 9.84 Å². The molecule has 0 aliphatic carbocycles. The Balaban J connectivity index is 2.52. The van der Waals surface area contributed by atoms with Crippen molar-refractivity contribution in [2.24, 2.45) is 0 Å². The minimum absolute atomic E-state index is 0.270. The molecule has 0 amide bonds. The first-order chi connectivity index (χ1) is 5.17. The van der Waals surface area contributed by atoms with Gasteiger partial charge < -0.3 is 4.74 Å². The summed E-state index contributed by atoms with van der Waals surface area (Å²) >= 11 is 0. The Morgan fingerprint density at radius 3 is 2.82 bits per heavy atom. The lowest BCUT2D eigenvalue weighted by atomic mass is 10.3. The molecule has 1 atom stereocenters. The van der Waals surface area contributed by atoms with Gasteiger partial charge in [-0.2, -0.15) is 0 Å². The lowest BCUT2D eigenvalue weighted by Crippen LogP contribution is -2.20. The largest absolute Gasteiger partial charge is 0.500 e. The summed E-state index contributed by atoms with van der Waals surface area (Å²) < 4.78 is 27.1. The zero-order valence-electron chi connectivity index (χ0n) is 6.32. The van der Waals surface area contributed by atoms with E-state index in [1.54, 1.807) is 0 Å². The molecule has 4 heteroatoms. The number of hydrogen-bond acceptors (Lipinski definition) is 3. The first-order valence-electron chi connectivity index (χ1n) is 3.61. The lowest BCUT2D eigenvalue weighted by Gasteiger charge is -2.07. The van der Waals surface area contributed by atoms with Gasteiger partial charge in [-0.15, -0.1) is 0 Å². The molecule has 64 valence electrons. The minimum Gasteiger partial charge on any atom is -0.500 e. The highest BCUT2D eigenvalue weighted by atomic mass is 32.2. The van der Waals surface area contributed by atoms with E-state index in [0.29, 0.717) is 5.75 Å². The van der Waals surface area contributed by atoms with Gasteiger partial charge in [0.15, 0.2) is 9.84 Å². The smallest absolute Gasteiger partial charge is 0.156 e. The van der Waals surface area contributed by atoms with Gasteiger partial charge in [0.25, 0.3) is 0 Å². The average molecular weight is 176 g/mol. The fourth-order valence-electron chi connectivity index (χ4n) is 1.22. The fraction of sp³-hybridized carbons (Fsp3) is 0.714. The van der Waals surface area contributed by atoms with E-state index in [9.17, 15) is 8.42 Å². The Labute approximate surface area is 67.0 Å². The quantitative estimate of drug-likeness (QED) is 0.595. The van der Waals surface area contributed by atoms with Gasteiger partial charge in [-0.25, -0.2) is 8.42 Å². The molecule has 0 aromatic rings. The van der Waals surface area contributed by atoms with Crippen LogP contribution in [0.15, 0.2) is 12.8 Å². The van der Waals surface area contributed by atoms with Crippen molar-refractivity contribution in [1.29, 1.82) is 0 Å². The van der Waals surface area contributed by atoms with Crippen LogP contribution in [0.1, 0.15) is 12.8 Å². The van der Waals surface area contributed by atoms with Gasteiger partial charge in [-0.05, 0) is 12.8 Å². The van der Waals surface area contributed by atoms with Crippen LogP contribution < -0.4 is 0 Å². The molecule has 11 heavy (non-hydrogen) atoms. The second-order valence-corrected chi connectivity index (χ2v) is 5.03. The highest BCUT2D eigenvalue weighted by Crippen LogP contribution is 2.19. The van der Waals surface area contributed by atoms with Crippen LogP contribution in [-0.2, 0) is 14.6 Å². The zero-order chi connectivity index (χ0) is 8.32. The number of sulfone groups is 1. The van der Waals surface area contributed by atoms with Gasteiger partial charge in [0.05, 0.1) is 17.3 Å². The van der Waals surface area contributed by atoms with Crippen molar-refractivity contribution in [2.75, 3.05) is 12.4 Å². The summed E-state index contributed by atoms with van der Waals surface area (Å²) in [5.41, 5.74) is 0. The molecule has 1 aliphatic heterocycles. The van der Waals surface area contributed by atoms with E-state index in [4.69, 9.17) is 4.74 Å². The molecule has 1 fully saturated rings. The number of rotatable bonds is 3. The normalized spacial score (nSPS) is 28.2. The van der Waals surface area contributed by atoms with Crippen LogP contribution in [0.25, 0.3) is 0 Å². The monoisotopic (exact) mass is 176 g/mol. The maximum Gasteiger partial charge on any atom is 0.156 e. The minimum atomic E-state index is -2.83. The van der Waals surface area contributed by atoms with E-state index >= 15 is 0 Å². The molecule has 0 saturated carbocycles. The van der Waals surface area contributed by atoms with Gasteiger partial charge in [0.2, 0.25) is 0 Å². The molecule has 1 heterocycles. The Morgan fingerprint density at radius 2 is 2.36 bits per heavy atom. The van der Waals surface area contributed by atoms with Crippen molar-refractivity contribution in [1.82, 2.24) is 0 Å². The second kappa shape index (κ2) is 3.26. The molecule has 0 spiro atoms. The van der Waals surface area contributed by atoms with Crippen molar-refractivity contribution in [3.05, 3.63) is 12.8 Å². The van der Waals surface area contributed by atoms with Crippen LogP contribution >= 0.6 is 0 Å². The molecule has 1 aliphatic rings. The summed E-state index contributed by atoms with van der Waals surface area (Å²) in [6.07, 6.45) is 2.79. The van der Waals surface area contributed by atoms with Gasteiger partial charge in [0.1, 0.15) is 6.61 Å². The average Bonchev–Trinajstić information content (AvgIpc) is 2.25. The van der Waals surface area contributed by atoms with Crippen molar-refractivity contribution < 1.29 is 13.2 Å². The fourth-order valence-corrected chi connectivity index (χ4v) is 2.93. The van der Waals surface area contributed by atoms with E-state index in [1.165, 1.54) is 6.26 Å². The van der Waals surface area contributed by atoms with Gasteiger partial charge in [-0.1, -0.05) is 6.58 Å². The van der Waals surface area contributed by atoms with E-state index in [-0.39, 0.29) is 11.9 Å². The Morgan fingerprint density at radius 1 is 1.64 bits per heavy atom. The van der Waals surface area contributed by atoms with E-state index < -0.39 is 9.84 Å². The highest BCUT2D eigenvalue weighted by molar-refractivity contribution is 7.92. The molecule has 1 unspecified atom stereocenters. The second-order valence-electron chi connectivity index (χ2n) is 2.63. The van der Waals surface area contributed by atoms with Crippen molar-refractivity contribution in [3.8, 4) is 0 Å². The summed E-state index contributed by atoms with van der Waals surface area (Å²) in [5.74, 6) is 0.318. The third kappa shape index (κ3) is 1.96. The summed E-state index contributed by atoms with van der Waals surface area (Å²) in [6, 6.07) is 0. The van der Waals surface area contributed by atoms with Crippen molar-refractivity contribution in [3.63, 3.8) is 0 Å². The van der Waals surface area contributed by atoms with Gasteiger partial charge in [0, 0.05) is 0 Å². The van der Waals surface area contributed by atoms with E-state index in [0.717, 1.165) is 12.8 Å². The number of ether oxygens (including phenoxy) is 1. The molecule has 1 rings (SSSR count). The first kappa shape index (κ1) is 8.59. The highest BCUT2D eigenvalue weighted by Gasteiger charge is 2.31. The van der Waals surface area contributed by atoms with Crippen LogP contribution in [0.5, 0.6) is 0 Å². The summed E-state index contributed by atoms with van der Waals surface area (Å²) in [5, 5.41) is -0.291. The van der Waals surface area contributed by atoms with Gasteiger partial charge >= 0.3 is 0 Å². The molecule has 0 aromatic carbocycles. The summed E-state index contributed by atoms with van der Waals surface area (Å²) in [6.45, 7) is 3.62. The molecule has 0 bridgehead atoms. The Kier molecular flexibility index (Phi) is 2.54. The zero-order valence-corrected chi connectivity index (χ0v) is 7.14. The molecule has 0 aromatic heterocycles. The standard InChI is InChI=1S/C7H12O3S/c1-2-10-6-7-4-3-5-11(7,8)9/h2,7H,1,3-6H2. The SMILES string of the molecule is C=COCC1CCCS1(=O)=O. The van der Waals surface area contributed by atoms with Crippen LogP contribution in [0.3, 0.4) is 0 Å². The predicted molar refractivity (Wildman–Crippen MR) is 43.0 cm³/mol. The Bertz CT molecular complexity index is 230. The van der Waals surface area contributed by atoms with Gasteiger partial charge in [-0.3, -0.25) is 0 Å². The van der Waals surface area contributed by atoms with Crippen LogP contribution in [0, 0.1) is 0 Å². The maximum atomic E-state index is 11.2. The van der Waals surface area contributed by atoms with Crippen LogP contribution in [-0.4, -0.2) is 26.0 Å². The van der Waals surface area contributed by atoms with E-state index in [2.05, 4.69) is 6.58 Å². The number of hydrogen-bond donors (Lipinski definition) is 0. The molecule has 1 saturated heterocycles. The molecule has 3 nitrogen and oxygen atoms in total. The molecule has 0 radical (unpaired) electrons. The molecule has 0 N–H and O–H groups in total. The summed E-state index contributed by atoms with van der Waals surface area (Å²) in [7, 11) is -2.83. The van der Waals surface area contributed by atoms with Crippen molar-refractivity contribution in [2.45, 2.75) is 18.1 Å². The summed E-state index contributed by atoms with van der Waals surface area (Å²) in [4.78, 5) is 0. The lowest BCUT2D eigenvalue weighted by molar-refractivity contribution is 0.247. The third-order valence-electron chi connectivity index (χ3n) is 1.86. The van der Waals surface area contributed by atoms with Crippen LogP contribution in [0.2, 0.25) is 0 Å². The maximum absolute atomic E-state index is 11.2. The molecular formula is C7H12O3S. The predicted octanol–water partition coefficient (Wildman–Crippen LogP) is 0.724.